The Labute approximate surface area is 141 Å². The van der Waals surface area contributed by atoms with E-state index in [1.165, 1.54) is 20.0 Å². The molecule has 1 fully saturated rings. The number of nitrogens with zero attached hydrogens (tertiary/aromatic N) is 1. The monoisotopic (exact) mass is 360 g/mol. The zero-order valence-corrected chi connectivity index (χ0v) is 14.0. The van der Waals surface area contributed by atoms with Crippen LogP contribution in [0, 0.1) is 5.41 Å². The van der Waals surface area contributed by atoms with E-state index in [2.05, 4.69) is 4.98 Å². The van der Waals surface area contributed by atoms with Crippen molar-refractivity contribution in [3.63, 3.8) is 0 Å². The van der Waals surface area contributed by atoms with Crippen LogP contribution in [0.15, 0.2) is 21.9 Å². The molecule has 0 spiro atoms. The van der Waals surface area contributed by atoms with Gasteiger partial charge < -0.3 is 20.1 Å². The zero-order chi connectivity index (χ0) is 18.1. The average molecular weight is 360 g/mol. The van der Waals surface area contributed by atoms with Gasteiger partial charge in [-0.2, -0.15) is 0 Å². The number of aliphatic hydroxyl groups is 3. The first-order valence-corrected chi connectivity index (χ1v) is 8.23. The first-order chi connectivity index (χ1) is 11.2. The number of hydrogen-bond acceptors (Lipinski definition) is 8. The summed E-state index contributed by atoms with van der Waals surface area (Å²) in [7, 11) is 0. The minimum atomic E-state index is -1.27. The summed E-state index contributed by atoms with van der Waals surface area (Å²) in [6, 6.07) is 1.14. The van der Waals surface area contributed by atoms with Crippen molar-refractivity contribution >= 4 is 17.7 Å². The lowest BCUT2D eigenvalue weighted by Crippen LogP contribution is -2.38. The zero-order valence-electron chi connectivity index (χ0n) is 13.2. The SMILES string of the molecule is CC(C)(CO)C(=O)OC[C@H]1S[C@@H](n2ccc(=O)[nH]c2=O)C(O)C1O. The van der Waals surface area contributed by atoms with E-state index in [0.717, 1.165) is 22.4 Å². The predicted octanol–water partition coefficient (Wildman–Crippen LogP) is -1.57. The molecule has 2 heterocycles. The van der Waals surface area contributed by atoms with Crippen molar-refractivity contribution in [1.29, 1.82) is 0 Å². The fourth-order valence-electron chi connectivity index (χ4n) is 2.14. The maximum Gasteiger partial charge on any atom is 0.329 e. The number of carbonyl (C=O) groups excluding carboxylic acids is 1. The van der Waals surface area contributed by atoms with Crippen molar-refractivity contribution in [2.45, 2.75) is 36.7 Å². The van der Waals surface area contributed by atoms with E-state index in [0.29, 0.717) is 0 Å². The Kier molecular flexibility index (Phi) is 5.53. The van der Waals surface area contributed by atoms with E-state index >= 15 is 0 Å². The molecule has 134 valence electrons. The topological polar surface area (TPSA) is 142 Å². The lowest BCUT2D eigenvalue weighted by molar-refractivity contribution is -0.156. The molecule has 0 amide bonds. The number of rotatable bonds is 5. The third-order valence-electron chi connectivity index (χ3n) is 3.79. The lowest BCUT2D eigenvalue weighted by atomic mass is 9.95. The molecule has 10 heteroatoms. The van der Waals surface area contributed by atoms with Crippen molar-refractivity contribution in [2.24, 2.45) is 5.41 Å². The minimum absolute atomic E-state index is 0.181. The lowest BCUT2D eigenvalue weighted by Gasteiger charge is -2.21. The van der Waals surface area contributed by atoms with Crippen LogP contribution in [0.5, 0.6) is 0 Å². The normalized spacial score (nSPS) is 27.2. The second kappa shape index (κ2) is 7.09. The molecule has 9 nitrogen and oxygen atoms in total. The molecule has 2 rings (SSSR count). The van der Waals surface area contributed by atoms with Crippen molar-refractivity contribution < 1.29 is 24.9 Å². The number of aliphatic hydroxyl groups excluding tert-OH is 3. The van der Waals surface area contributed by atoms with Gasteiger partial charge in [0.15, 0.2) is 0 Å². The summed E-state index contributed by atoms with van der Waals surface area (Å²) in [5.41, 5.74) is -2.33. The maximum atomic E-state index is 11.9. The summed E-state index contributed by atoms with van der Waals surface area (Å²) < 4.78 is 6.21. The highest BCUT2D eigenvalue weighted by Gasteiger charge is 2.44. The fourth-order valence-corrected chi connectivity index (χ4v) is 3.59. The smallest absolute Gasteiger partial charge is 0.329 e. The molecule has 2 unspecified atom stereocenters. The second-order valence-electron chi connectivity index (χ2n) is 6.20. The van der Waals surface area contributed by atoms with Gasteiger partial charge in [0.25, 0.3) is 5.56 Å². The molecule has 0 radical (unpaired) electrons. The minimum Gasteiger partial charge on any atom is -0.464 e. The average Bonchev–Trinajstić information content (AvgIpc) is 2.80. The Hall–Kier alpha value is -1.62. The molecule has 24 heavy (non-hydrogen) atoms. The van der Waals surface area contributed by atoms with E-state index in [4.69, 9.17) is 9.84 Å². The largest absolute Gasteiger partial charge is 0.464 e. The van der Waals surface area contributed by atoms with Gasteiger partial charge in [-0.25, -0.2) is 4.79 Å². The van der Waals surface area contributed by atoms with E-state index in [9.17, 15) is 24.6 Å². The molecule has 1 aliphatic heterocycles. The van der Waals surface area contributed by atoms with E-state index in [1.807, 2.05) is 0 Å². The Morgan fingerprint density at radius 3 is 2.62 bits per heavy atom. The van der Waals surface area contributed by atoms with E-state index in [1.54, 1.807) is 0 Å². The summed E-state index contributed by atoms with van der Waals surface area (Å²) in [6.07, 6.45) is -1.25. The van der Waals surface area contributed by atoms with Crippen molar-refractivity contribution in [3.8, 4) is 0 Å². The van der Waals surface area contributed by atoms with Gasteiger partial charge in [0.05, 0.1) is 23.4 Å². The van der Waals surface area contributed by atoms with E-state index in [-0.39, 0.29) is 13.2 Å². The highest BCUT2D eigenvalue weighted by atomic mass is 32.2. The molecule has 1 aliphatic rings. The number of carbonyl (C=O) groups is 1. The van der Waals surface area contributed by atoms with Crippen molar-refractivity contribution in [2.75, 3.05) is 13.2 Å². The number of nitrogens with one attached hydrogen (secondary N) is 1. The van der Waals surface area contributed by atoms with Gasteiger partial charge in [-0.05, 0) is 13.8 Å². The van der Waals surface area contributed by atoms with Gasteiger partial charge in [-0.1, -0.05) is 0 Å². The fraction of sp³-hybridized carbons (Fsp3) is 0.643. The van der Waals surface area contributed by atoms with Crippen LogP contribution in [0.4, 0.5) is 0 Å². The third kappa shape index (κ3) is 3.72. The van der Waals surface area contributed by atoms with Crippen LogP contribution in [0.3, 0.4) is 0 Å². The second-order valence-corrected chi connectivity index (χ2v) is 7.56. The number of aromatic amines is 1. The highest BCUT2D eigenvalue weighted by Crippen LogP contribution is 2.41. The van der Waals surface area contributed by atoms with Crippen molar-refractivity contribution in [1.82, 2.24) is 9.55 Å². The summed E-state index contributed by atoms with van der Waals surface area (Å²) in [6.45, 7) is 2.47. The van der Waals surface area contributed by atoms with Gasteiger partial charge in [0.1, 0.15) is 18.1 Å². The molecule has 0 bridgehead atoms. The third-order valence-corrected chi connectivity index (χ3v) is 5.34. The molecule has 0 saturated carbocycles. The summed E-state index contributed by atoms with van der Waals surface area (Å²) in [4.78, 5) is 36.8. The first-order valence-electron chi connectivity index (χ1n) is 7.28. The number of hydrogen-bond donors (Lipinski definition) is 4. The number of thioether (sulfide) groups is 1. The van der Waals surface area contributed by atoms with Crippen LogP contribution >= 0.6 is 11.8 Å². The molecule has 1 aromatic rings. The molecule has 0 aromatic carbocycles. The van der Waals surface area contributed by atoms with Gasteiger partial charge in [-0.3, -0.25) is 19.1 Å². The van der Waals surface area contributed by atoms with Crippen molar-refractivity contribution in [3.05, 3.63) is 33.1 Å². The van der Waals surface area contributed by atoms with Crippen LogP contribution in [0.2, 0.25) is 0 Å². The predicted molar refractivity (Wildman–Crippen MR) is 85.6 cm³/mol. The Morgan fingerprint density at radius 1 is 1.38 bits per heavy atom. The van der Waals surface area contributed by atoms with Gasteiger partial charge in [0.2, 0.25) is 0 Å². The van der Waals surface area contributed by atoms with Crippen LogP contribution in [-0.2, 0) is 9.53 Å². The van der Waals surface area contributed by atoms with Crippen LogP contribution in [-0.4, -0.2) is 61.5 Å². The number of aromatic nitrogens is 2. The van der Waals surface area contributed by atoms with Crippen LogP contribution < -0.4 is 11.2 Å². The molecule has 1 saturated heterocycles. The molecule has 1 aromatic heterocycles. The maximum absolute atomic E-state index is 11.9. The van der Waals surface area contributed by atoms with Crippen LogP contribution in [0.25, 0.3) is 0 Å². The quantitative estimate of drug-likeness (QED) is 0.462. The Morgan fingerprint density at radius 2 is 2.04 bits per heavy atom. The molecule has 0 aliphatic carbocycles. The Bertz CT molecular complexity index is 714. The summed E-state index contributed by atoms with van der Waals surface area (Å²) in [5, 5.41) is 27.9. The molecular weight excluding hydrogens is 340 g/mol. The molecule has 4 atom stereocenters. The summed E-state index contributed by atoms with van der Waals surface area (Å²) in [5.74, 6) is -0.628. The van der Waals surface area contributed by atoms with Gasteiger partial charge in [0, 0.05) is 12.3 Å². The van der Waals surface area contributed by atoms with E-state index < -0.39 is 45.5 Å². The molecule has 4 N–H and O–H groups in total. The summed E-state index contributed by atoms with van der Waals surface area (Å²) >= 11 is 1.06. The standard InChI is InChI=1S/C14H20N2O7S/c1-14(2,6-17)12(21)23-5-7-9(19)10(20)11(24-7)16-4-3-8(18)15-13(16)22/h3-4,7,9-11,17,19-20H,5-6H2,1-2H3,(H,15,18,22)/t7-,9?,10?,11-/m1/s1. The molecular formula is C14H20N2O7S. The number of ether oxygens (including phenoxy) is 1. The number of H-pyrrole nitrogens is 1. The first kappa shape index (κ1) is 18.7. The van der Waals surface area contributed by atoms with Crippen LogP contribution in [0.1, 0.15) is 19.2 Å². The van der Waals surface area contributed by atoms with Gasteiger partial charge in [-0.15, -0.1) is 11.8 Å². The number of esters is 1. The highest BCUT2D eigenvalue weighted by molar-refractivity contribution is 8.00. The van der Waals surface area contributed by atoms with Gasteiger partial charge >= 0.3 is 11.7 Å². The Balaban J connectivity index is 2.09.